The number of hydrogen-bond acceptors (Lipinski definition) is 4. The summed E-state index contributed by atoms with van der Waals surface area (Å²) in [5.41, 5.74) is 0. The molecule has 4 heteroatoms. The van der Waals surface area contributed by atoms with Crippen molar-refractivity contribution in [1.29, 1.82) is 5.26 Å². The molecule has 0 atom stereocenters. The third-order valence-electron chi connectivity index (χ3n) is 3.20. The number of nitriles is 1. The molecule has 0 unspecified atom stereocenters. The second-order valence-electron chi connectivity index (χ2n) is 4.56. The van der Waals surface area contributed by atoms with Crippen molar-refractivity contribution in [3.63, 3.8) is 0 Å². The zero-order valence-corrected chi connectivity index (χ0v) is 11.0. The maximum absolute atomic E-state index is 8.61. The van der Waals surface area contributed by atoms with Crippen LogP contribution < -0.4 is 0 Å². The van der Waals surface area contributed by atoms with Crippen molar-refractivity contribution in [2.75, 3.05) is 19.6 Å². The Balaban J connectivity index is 1.78. The van der Waals surface area contributed by atoms with Crippen LogP contribution in [0.5, 0.6) is 0 Å². The summed E-state index contributed by atoms with van der Waals surface area (Å²) in [6.07, 6.45) is 8.86. The van der Waals surface area contributed by atoms with Crippen molar-refractivity contribution in [3.05, 3.63) is 16.1 Å². The van der Waals surface area contributed by atoms with E-state index in [1.807, 2.05) is 6.20 Å². The fraction of sp³-hybridized carbons (Fsp3) is 0.692. The Labute approximate surface area is 107 Å². The molecule has 0 amide bonds. The van der Waals surface area contributed by atoms with Crippen LogP contribution in [-0.4, -0.2) is 29.5 Å². The largest absolute Gasteiger partial charge is 0.303 e. The molecule has 3 nitrogen and oxygen atoms in total. The van der Waals surface area contributed by atoms with Gasteiger partial charge < -0.3 is 4.90 Å². The van der Waals surface area contributed by atoms with Gasteiger partial charge in [0.1, 0.15) is 0 Å². The van der Waals surface area contributed by atoms with Gasteiger partial charge in [-0.25, -0.2) is 4.98 Å². The van der Waals surface area contributed by atoms with E-state index in [0.717, 1.165) is 17.8 Å². The molecule has 0 bridgehead atoms. The van der Waals surface area contributed by atoms with Crippen molar-refractivity contribution in [3.8, 4) is 6.07 Å². The van der Waals surface area contributed by atoms with Gasteiger partial charge in [0.2, 0.25) is 0 Å². The minimum absolute atomic E-state index is 0.501. The van der Waals surface area contributed by atoms with E-state index in [2.05, 4.69) is 16.0 Å². The molecular weight excluding hydrogens is 230 g/mol. The van der Waals surface area contributed by atoms with Crippen molar-refractivity contribution in [2.24, 2.45) is 0 Å². The van der Waals surface area contributed by atoms with Crippen LogP contribution in [-0.2, 0) is 12.8 Å². The Morgan fingerprint density at radius 1 is 1.29 bits per heavy atom. The number of rotatable bonds is 4. The van der Waals surface area contributed by atoms with Gasteiger partial charge in [-0.15, -0.1) is 11.3 Å². The Morgan fingerprint density at radius 3 is 2.76 bits per heavy atom. The van der Waals surface area contributed by atoms with Gasteiger partial charge in [-0.1, -0.05) is 12.8 Å². The number of nitrogens with zero attached hydrogens (tertiary/aromatic N) is 3. The molecule has 0 aliphatic carbocycles. The molecule has 1 fully saturated rings. The number of likely N-dealkylation sites (tertiary alicyclic amines) is 1. The fourth-order valence-electron chi connectivity index (χ4n) is 2.24. The third-order valence-corrected chi connectivity index (χ3v) is 4.25. The smallest absolute Gasteiger partial charge is 0.0940 e. The molecule has 0 spiro atoms. The monoisotopic (exact) mass is 249 g/mol. The lowest BCUT2D eigenvalue weighted by atomic mass is 10.2. The first-order chi connectivity index (χ1) is 8.38. The van der Waals surface area contributed by atoms with E-state index in [1.54, 1.807) is 11.3 Å². The number of hydrogen-bond donors (Lipinski definition) is 0. The normalized spacial score (nSPS) is 17.6. The Hall–Kier alpha value is -0.920. The summed E-state index contributed by atoms with van der Waals surface area (Å²) < 4.78 is 0. The van der Waals surface area contributed by atoms with Crippen molar-refractivity contribution >= 4 is 11.3 Å². The van der Waals surface area contributed by atoms with Crippen LogP contribution in [0.2, 0.25) is 0 Å². The summed E-state index contributed by atoms with van der Waals surface area (Å²) in [7, 11) is 0. The van der Waals surface area contributed by atoms with Gasteiger partial charge in [0.15, 0.2) is 0 Å². The topological polar surface area (TPSA) is 39.9 Å². The molecule has 1 saturated heterocycles. The SMILES string of the molecule is N#CCc1cnc(CCN2CCCCCC2)s1. The molecule has 1 aliphatic rings. The lowest BCUT2D eigenvalue weighted by Gasteiger charge is -2.18. The molecule has 0 aromatic carbocycles. The van der Waals surface area contributed by atoms with Crippen molar-refractivity contribution in [1.82, 2.24) is 9.88 Å². The summed E-state index contributed by atoms with van der Waals surface area (Å²) in [5, 5.41) is 9.79. The predicted molar refractivity (Wildman–Crippen MR) is 70.0 cm³/mol. The molecule has 1 aromatic heterocycles. The van der Waals surface area contributed by atoms with Crippen molar-refractivity contribution in [2.45, 2.75) is 38.5 Å². The zero-order chi connectivity index (χ0) is 11.9. The highest BCUT2D eigenvalue weighted by Crippen LogP contribution is 2.15. The Morgan fingerprint density at radius 2 is 2.06 bits per heavy atom. The first-order valence-electron chi connectivity index (χ1n) is 6.41. The van der Waals surface area contributed by atoms with Gasteiger partial charge in [-0.05, 0) is 25.9 Å². The number of aromatic nitrogens is 1. The molecule has 2 heterocycles. The minimum Gasteiger partial charge on any atom is -0.303 e. The van der Waals surface area contributed by atoms with Gasteiger partial charge in [0.05, 0.1) is 17.5 Å². The number of thiazole rings is 1. The first-order valence-corrected chi connectivity index (χ1v) is 7.23. The van der Waals surface area contributed by atoms with Gasteiger partial charge >= 0.3 is 0 Å². The quantitative estimate of drug-likeness (QED) is 0.823. The Kier molecular flexibility index (Phi) is 4.96. The van der Waals surface area contributed by atoms with Crippen LogP contribution in [0, 0.1) is 11.3 Å². The molecule has 92 valence electrons. The summed E-state index contributed by atoms with van der Waals surface area (Å²) in [6, 6.07) is 2.17. The average Bonchev–Trinajstić information content (AvgIpc) is 2.63. The molecule has 0 radical (unpaired) electrons. The molecule has 17 heavy (non-hydrogen) atoms. The van der Waals surface area contributed by atoms with Crippen LogP contribution >= 0.6 is 11.3 Å². The van der Waals surface area contributed by atoms with Crippen LogP contribution in [0.25, 0.3) is 0 Å². The highest BCUT2D eigenvalue weighted by atomic mass is 32.1. The van der Waals surface area contributed by atoms with Gasteiger partial charge in [0, 0.05) is 24.0 Å². The molecule has 2 rings (SSSR count). The van der Waals surface area contributed by atoms with Gasteiger partial charge in [-0.3, -0.25) is 0 Å². The maximum Gasteiger partial charge on any atom is 0.0940 e. The highest BCUT2D eigenvalue weighted by molar-refractivity contribution is 7.11. The van der Waals surface area contributed by atoms with E-state index in [0.29, 0.717) is 6.42 Å². The standard InChI is InChI=1S/C13H19N3S/c14-7-5-12-11-15-13(17-12)6-10-16-8-3-1-2-4-9-16/h11H,1-6,8-10H2. The summed E-state index contributed by atoms with van der Waals surface area (Å²) >= 11 is 1.69. The fourth-order valence-corrected chi connectivity index (χ4v) is 3.08. The van der Waals surface area contributed by atoms with Crippen LogP contribution in [0.3, 0.4) is 0 Å². The lowest BCUT2D eigenvalue weighted by Crippen LogP contribution is -2.26. The minimum atomic E-state index is 0.501. The molecule has 1 aliphatic heterocycles. The summed E-state index contributed by atoms with van der Waals surface area (Å²) in [4.78, 5) is 8.03. The van der Waals surface area contributed by atoms with Crippen LogP contribution in [0.15, 0.2) is 6.20 Å². The Bertz CT molecular complexity index is 372. The van der Waals surface area contributed by atoms with Gasteiger partial charge in [-0.2, -0.15) is 5.26 Å². The summed E-state index contributed by atoms with van der Waals surface area (Å²) in [6.45, 7) is 3.62. The molecular formula is C13H19N3S. The zero-order valence-electron chi connectivity index (χ0n) is 10.2. The molecule has 0 saturated carbocycles. The lowest BCUT2D eigenvalue weighted by molar-refractivity contribution is 0.288. The van der Waals surface area contributed by atoms with Crippen molar-refractivity contribution < 1.29 is 0 Å². The van der Waals surface area contributed by atoms with Crippen LogP contribution in [0.4, 0.5) is 0 Å². The van der Waals surface area contributed by atoms with E-state index < -0.39 is 0 Å². The van der Waals surface area contributed by atoms with E-state index in [9.17, 15) is 0 Å². The third kappa shape index (κ3) is 4.10. The van der Waals surface area contributed by atoms with Crippen LogP contribution in [0.1, 0.15) is 35.6 Å². The highest BCUT2D eigenvalue weighted by Gasteiger charge is 2.10. The maximum atomic E-state index is 8.61. The predicted octanol–water partition coefficient (Wildman–Crippen LogP) is 2.63. The van der Waals surface area contributed by atoms with E-state index >= 15 is 0 Å². The van der Waals surface area contributed by atoms with E-state index in [1.165, 1.54) is 43.8 Å². The molecule has 0 N–H and O–H groups in total. The average molecular weight is 249 g/mol. The second-order valence-corrected chi connectivity index (χ2v) is 5.76. The van der Waals surface area contributed by atoms with Gasteiger partial charge in [0.25, 0.3) is 0 Å². The second kappa shape index (κ2) is 6.73. The van der Waals surface area contributed by atoms with E-state index in [-0.39, 0.29) is 0 Å². The van der Waals surface area contributed by atoms with E-state index in [4.69, 9.17) is 5.26 Å². The first kappa shape index (κ1) is 12.5. The molecule has 1 aromatic rings. The summed E-state index contributed by atoms with van der Waals surface area (Å²) in [5.74, 6) is 0.